The lowest BCUT2D eigenvalue weighted by atomic mass is 10.1. The SMILES string of the molecule is COc1cc(Cc2cnc(N)nc2NOC2CCCCO2)cc(OC)c1OC.O. The Morgan fingerprint density at radius 1 is 1.14 bits per heavy atom. The van der Waals surface area contributed by atoms with Gasteiger partial charge in [-0.25, -0.2) is 15.3 Å². The van der Waals surface area contributed by atoms with Gasteiger partial charge in [0.1, 0.15) is 0 Å². The zero-order chi connectivity index (χ0) is 19.9. The van der Waals surface area contributed by atoms with Gasteiger partial charge in [-0.2, -0.15) is 4.98 Å². The Hall–Kier alpha value is -2.82. The summed E-state index contributed by atoms with van der Waals surface area (Å²) in [5.74, 6) is 2.35. The molecule has 1 aromatic carbocycles. The molecule has 1 aromatic heterocycles. The van der Waals surface area contributed by atoms with Crippen LogP contribution in [0.25, 0.3) is 0 Å². The van der Waals surface area contributed by atoms with Gasteiger partial charge in [-0.15, -0.1) is 0 Å². The number of nitrogens with two attached hydrogens (primary N) is 1. The van der Waals surface area contributed by atoms with Gasteiger partial charge < -0.3 is 30.2 Å². The molecule has 3 rings (SSSR count). The number of nitrogens with one attached hydrogen (secondary N) is 1. The average Bonchev–Trinajstić information content (AvgIpc) is 2.73. The minimum Gasteiger partial charge on any atom is -0.493 e. The van der Waals surface area contributed by atoms with Gasteiger partial charge in [0.05, 0.1) is 21.3 Å². The van der Waals surface area contributed by atoms with Gasteiger partial charge >= 0.3 is 0 Å². The molecule has 1 unspecified atom stereocenters. The van der Waals surface area contributed by atoms with E-state index in [0.717, 1.165) is 30.4 Å². The maximum atomic E-state index is 5.75. The van der Waals surface area contributed by atoms with Gasteiger partial charge in [0.2, 0.25) is 11.7 Å². The van der Waals surface area contributed by atoms with Gasteiger partial charge in [-0.05, 0) is 30.5 Å². The molecule has 1 fully saturated rings. The van der Waals surface area contributed by atoms with Crippen molar-refractivity contribution in [3.8, 4) is 17.2 Å². The van der Waals surface area contributed by atoms with Gasteiger partial charge in [-0.3, -0.25) is 0 Å². The predicted molar refractivity (Wildman–Crippen MR) is 107 cm³/mol. The maximum Gasteiger partial charge on any atom is 0.222 e. The number of aromatic nitrogens is 2. The zero-order valence-corrected chi connectivity index (χ0v) is 16.9. The molecule has 0 bridgehead atoms. The third-order valence-electron chi connectivity index (χ3n) is 4.43. The molecule has 10 heteroatoms. The molecular weight excluding hydrogens is 380 g/mol. The summed E-state index contributed by atoms with van der Waals surface area (Å²) in [6.45, 7) is 0.691. The second-order valence-electron chi connectivity index (χ2n) is 6.33. The molecule has 1 atom stereocenters. The van der Waals surface area contributed by atoms with Gasteiger partial charge in [0.15, 0.2) is 23.6 Å². The van der Waals surface area contributed by atoms with E-state index in [0.29, 0.717) is 36.1 Å². The van der Waals surface area contributed by atoms with Crippen LogP contribution < -0.4 is 25.4 Å². The lowest BCUT2D eigenvalue weighted by Gasteiger charge is -2.23. The van der Waals surface area contributed by atoms with Gasteiger partial charge in [0.25, 0.3) is 0 Å². The Morgan fingerprint density at radius 3 is 2.45 bits per heavy atom. The smallest absolute Gasteiger partial charge is 0.222 e. The molecule has 2 aromatic rings. The Bertz CT molecular complexity index is 773. The van der Waals surface area contributed by atoms with Crippen molar-refractivity contribution in [2.24, 2.45) is 0 Å². The van der Waals surface area contributed by atoms with Crippen LogP contribution in [-0.2, 0) is 16.0 Å². The van der Waals surface area contributed by atoms with Crippen LogP contribution >= 0.6 is 0 Å². The van der Waals surface area contributed by atoms with Crippen LogP contribution in [0.5, 0.6) is 17.2 Å². The highest BCUT2D eigenvalue weighted by atomic mass is 16.8. The number of hydrogen-bond acceptors (Lipinski definition) is 9. The van der Waals surface area contributed by atoms with E-state index in [2.05, 4.69) is 15.4 Å². The Morgan fingerprint density at radius 2 is 1.86 bits per heavy atom. The molecule has 0 radical (unpaired) electrons. The number of hydrogen-bond donors (Lipinski definition) is 2. The minimum atomic E-state index is -0.307. The Balaban J connectivity index is 0.00000300. The van der Waals surface area contributed by atoms with E-state index in [9.17, 15) is 0 Å². The third kappa shape index (κ3) is 5.59. The molecule has 0 aliphatic carbocycles. The number of rotatable bonds is 8. The van der Waals surface area contributed by atoms with Crippen LogP contribution in [0.15, 0.2) is 18.3 Å². The van der Waals surface area contributed by atoms with E-state index in [4.69, 9.17) is 29.5 Å². The van der Waals surface area contributed by atoms with Crippen LogP contribution in [0.2, 0.25) is 0 Å². The molecule has 0 spiro atoms. The van der Waals surface area contributed by atoms with Crippen molar-refractivity contribution in [1.29, 1.82) is 0 Å². The van der Waals surface area contributed by atoms with E-state index >= 15 is 0 Å². The first kappa shape index (κ1) is 22.5. The normalized spacial score (nSPS) is 15.9. The molecule has 0 saturated carbocycles. The summed E-state index contributed by atoms with van der Waals surface area (Å²) in [4.78, 5) is 14.0. The van der Waals surface area contributed by atoms with E-state index in [1.165, 1.54) is 0 Å². The minimum absolute atomic E-state index is 0. The lowest BCUT2D eigenvalue weighted by Crippen LogP contribution is -2.25. The quantitative estimate of drug-likeness (QED) is 0.624. The lowest BCUT2D eigenvalue weighted by molar-refractivity contribution is -0.145. The number of nitrogen functional groups attached to an aromatic ring is 1. The fourth-order valence-corrected chi connectivity index (χ4v) is 3.02. The highest BCUT2D eigenvalue weighted by Gasteiger charge is 2.18. The maximum absolute atomic E-state index is 5.75. The molecule has 29 heavy (non-hydrogen) atoms. The standard InChI is InChI=1S/C19H26N4O5.H2O/c1-24-14-9-12(10-15(25-2)17(14)26-3)8-13-11-21-19(20)22-18(13)23-28-16-6-4-5-7-27-16;/h9-11,16H,4-8H2,1-3H3,(H3,20,21,22,23);1H2. The molecule has 5 N–H and O–H groups in total. The second kappa shape index (κ2) is 10.6. The van der Waals surface area contributed by atoms with Gasteiger partial charge in [0, 0.05) is 31.2 Å². The number of anilines is 2. The monoisotopic (exact) mass is 408 g/mol. The molecular formula is C19H28N4O6. The molecule has 2 heterocycles. The fraction of sp³-hybridized carbons (Fsp3) is 0.474. The molecule has 160 valence electrons. The van der Waals surface area contributed by atoms with Crippen LogP contribution in [0, 0.1) is 0 Å². The van der Waals surface area contributed by atoms with E-state index in [1.807, 2.05) is 12.1 Å². The first-order chi connectivity index (χ1) is 13.6. The topological polar surface area (TPSA) is 141 Å². The fourth-order valence-electron chi connectivity index (χ4n) is 3.02. The zero-order valence-electron chi connectivity index (χ0n) is 16.9. The highest BCUT2D eigenvalue weighted by Crippen LogP contribution is 2.39. The van der Waals surface area contributed by atoms with Crippen molar-refractivity contribution in [3.05, 3.63) is 29.5 Å². The van der Waals surface area contributed by atoms with Crippen molar-refractivity contribution in [1.82, 2.24) is 9.97 Å². The van der Waals surface area contributed by atoms with Crippen molar-refractivity contribution < 1.29 is 29.3 Å². The Labute approximate surface area is 169 Å². The first-order valence-electron chi connectivity index (χ1n) is 9.08. The highest BCUT2D eigenvalue weighted by molar-refractivity contribution is 5.55. The van der Waals surface area contributed by atoms with E-state index < -0.39 is 0 Å². The third-order valence-corrected chi connectivity index (χ3v) is 4.43. The largest absolute Gasteiger partial charge is 0.493 e. The molecule has 1 aliphatic heterocycles. The number of nitrogens with zero attached hydrogens (tertiary/aromatic N) is 2. The van der Waals surface area contributed by atoms with Crippen LogP contribution in [0.1, 0.15) is 30.4 Å². The van der Waals surface area contributed by atoms with E-state index in [1.54, 1.807) is 27.5 Å². The summed E-state index contributed by atoms with van der Waals surface area (Å²) in [7, 11) is 4.73. The summed E-state index contributed by atoms with van der Waals surface area (Å²) >= 11 is 0. The molecule has 10 nitrogen and oxygen atoms in total. The van der Waals surface area contributed by atoms with Crippen molar-refractivity contribution >= 4 is 11.8 Å². The van der Waals surface area contributed by atoms with Crippen molar-refractivity contribution in [2.45, 2.75) is 32.0 Å². The van der Waals surface area contributed by atoms with Gasteiger partial charge in [-0.1, -0.05) is 0 Å². The van der Waals surface area contributed by atoms with Crippen LogP contribution in [0.3, 0.4) is 0 Å². The van der Waals surface area contributed by atoms with Crippen LogP contribution in [-0.4, -0.2) is 49.7 Å². The number of methoxy groups -OCH3 is 3. The van der Waals surface area contributed by atoms with E-state index in [-0.39, 0.29) is 17.7 Å². The summed E-state index contributed by atoms with van der Waals surface area (Å²) < 4.78 is 21.8. The first-order valence-corrected chi connectivity index (χ1v) is 9.08. The average molecular weight is 408 g/mol. The van der Waals surface area contributed by atoms with Crippen LogP contribution in [0.4, 0.5) is 11.8 Å². The predicted octanol–water partition coefficient (Wildman–Crippen LogP) is 1.72. The molecule has 1 aliphatic rings. The molecule has 0 amide bonds. The van der Waals surface area contributed by atoms with Crippen molar-refractivity contribution in [2.75, 3.05) is 39.2 Å². The summed E-state index contributed by atoms with van der Waals surface area (Å²) in [5, 5.41) is 0. The summed E-state index contributed by atoms with van der Waals surface area (Å²) in [5.41, 5.74) is 10.4. The molecule has 1 saturated heterocycles. The van der Waals surface area contributed by atoms with Crippen molar-refractivity contribution in [3.63, 3.8) is 0 Å². The summed E-state index contributed by atoms with van der Waals surface area (Å²) in [6.07, 6.45) is 4.81. The number of benzene rings is 1. The summed E-state index contributed by atoms with van der Waals surface area (Å²) in [6, 6.07) is 3.76. The second-order valence-corrected chi connectivity index (χ2v) is 6.33. The Kier molecular flexibility index (Phi) is 8.25. The number of ether oxygens (including phenoxy) is 4.